The van der Waals surface area contributed by atoms with E-state index in [-0.39, 0.29) is 6.03 Å². The molecule has 0 radical (unpaired) electrons. The maximum atomic E-state index is 12.5. The van der Waals surface area contributed by atoms with Crippen LogP contribution < -0.4 is 0 Å². The number of pyridine rings is 1. The summed E-state index contributed by atoms with van der Waals surface area (Å²) in [5.41, 5.74) is 1.76. The second-order valence-corrected chi connectivity index (χ2v) is 5.59. The molecule has 5 nitrogen and oxygen atoms in total. The maximum absolute atomic E-state index is 12.5. The van der Waals surface area contributed by atoms with Crippen molar-refractivity contribution in [2.45, 2.75) is 38.1 Å². The summed E-state index contributed by atoms with van der Waals surface area (Å²) >= 11 is 0. The molecule has 0 bridgehead atoms. The number of aromatic nitrogens is 3. The van der Waals surface area contributed by atoms with E-state index in [1.165, 1.54) is 19.3 Å². The van der Waals surface area contributed by atoms with Gasteiger partial charge in [-0.15, -0.1) is 0 Å². The Morgan fingerprint density at radius 1 is 1.24 bits per heavy atom. The summed E-state index contributed by atoms with van der Waals surface area (Å²) in [5, 5.41) is 0. The molecule has 0 saturated heterocycles. The van der Waals surface area contributed by atoms with Crippen molar-refractivity contribution in [3.05, 3.63) is 37.1 Å². The zero-order valence-corrected chi connectivity index (χ0v) is 12.3. The second kappa shape index (κ2) is 6.08. The van der Waals surface area contributed by atoms with Crippen LogP contribution >= 0.6 is 0 Å². The van der Waals surface area contributed by atoms with Crippen LogP contribution in [0.2, 0.25) is 0 Å². The van der Waals surface area contributed by atoms with E-state index < -0.39 is 0 Å². The molecule has 0 atom stereocenters. The molecule has 1 saturated carbocycles. The predicted octanol–water partition coefficient (Wildman–Crippen LogP) is 3.18. The third kappa shape index (κ3) is 2.96. The van der Waals surface area contributed by atoms with E-state index in [0.717, 1.165) is 24.1 Å². The molecule has 1 aliphatic carbocycles. The number of imidazole rings is 1. The average Bonchev–Trinajstić information content (AvgIpc) is 3.05. The highest BCUT2D eigenvalue weighted by molar-refractivity contribution is 5.78. The highest BCUT2D eigenvalue weighted by Gasteiger charge is 2.23. The molecule has 110 valence electrons. The zero-order chi connectivity index (χ0) is 14.7. The Balaban J connectivity index is 1.74. The SMILES string of the molecule is CN(C(=O)n1cnc(-c2ccncc2)c1)C1CCCCC1. The Morgan fingerprint density at radius 2 is 1.95 bits per heavy atom. The van der Waals surface area contributed by atoms with Crippen molar-refractivity contribution in [2.24, 2.45) is 0 Å². The van der Waals surface area contributed by atoms with Crippen LogP contribution in [-0.2, 0) is 0 Å². The van der Waals surface area contributed by atoms with Gasteiger partial charge in [-0.25, -0.2) is 9.78 Å². The van der Waals surface area contributed by atoms with Crippen LogP contribution in [0.4, 0.5) is 4.79 Å². The Morgan fingerprint density at radius 3 is 2.67 bits per heavy atom. The number of rotatable bonds is 2. The average molecular weight is 284 g/mol. The van der Waals surface area contributed by atoms with Gasteiger partial charge >= 0.3 is 6.03 Å². The standard InChI is InChI=1S/C16H20N4O/c1-19(14-5-3-2-4-6-14)16(21)20-11-15(18-12-20)13-7-9-17-10-8-13/h7-12,14H,2-6H2,1H3. The molecule has 0 N–H and O–H groups in total. The molecule has 1 fully saturated rings. The Labute approximate surface area is 124 Å². The quantitative estimate of drug-likeness (QED) is 0.851. The van der Waals surface area contributed by atoms with Crippen LogP contribution in [0.25, 0.3) is 11.3 Å². The lowest BCUT2D eigenvalue weighted by Crippen LogP contribution is -2.40. The molecule has 2 heterocycles. The van der Waals surface area contributed by atoms with Crippen molar-refractivity contribution >= 4 is 6.03 Å². The van der Waals surface area contributed by atoms with Crippen LogP contribution in [0.3, 0.4) is 0 Å². The van der Waals surface area contributed by atoms with Gasteiger partial charge in [-0.05, 0) is 25.0 Å². The number of amides is 1. The molecule has 3 rings (SSSR count). The van der Waals surface area contributed by atoms with Crippen molar-refractivity contribution in [2.75, 3.05) is 7.05 Å². The van der Waals surface area contributed by atoms with Crippen LogP contribution in [-0.4, -0.2) is 38.6 Å². The number of hydrogen-bond donors (Lipinski definition) is 0. The van der Waals surface area contributed by atoms with E-state index in [0.29, 0.717) is 6.04 Å². The van der Waals surface area contributed by atoms with Gasteiger partial charge in [0.1, 0.15) is 6.33 Å². The van der Waals surface area contributed by atoms with Gasteiger partial charge in [0, 0.05) is 37.2 Å². The molecule has 2 aromatic heterocycles. The summed E-state index contributed by atoms with van der Waals surface area (Å²) < 4.78 is 1.57. The van der Waals surface area contributed by atoms with Crippen LogP contribution in [0, 0.1) is 0 Å². The topological polar surface area (TPSA) is 51.0 Å². The van der Waals surface area contributed by atoms with Crippen molar-refractivity contribution in [3.8, 4) is 11.3 Å². The molecule has 0 unspecified atom stereocenters. The van der Waals surface area contributed by atoms with E-state index in [1.807, 2.05) is 24.1 Å². The molecule has 0 spiro atoms. The summed E-state index contributed by atoms with van der Waals surface area (Å²) in [5.74, 6) is 0. The molecule has 5 heteroatoms. The number of nitrogens with zero attached hydrogens (tertiary/aromatic N) is 4. The highest BCUT2D eigenvalue weighted by atomic mass is 16.2. The first-order valence-electron chi connectivity index (χ1n) is 7.47. The smallest absolute Gasteiger partial charge is 0.324 e. The molecule has 1 aliphatic rings. The van der Waals surface area contributed by atoms with E-state index in [1.54, 1.807) is 29.5 Å². The third-order valence-electron chi connectivity index (χ3n) is 4.20. The first-order valence-corrected chi connectivity index (χ1v) is 7.47. The molecular formula is C16H20N4O. The Hall–Kier alpha value is -2.17. The molecule has 21 heavy (non-hydrogen) atoms. The first-order chi connectivity index (χ1) is 10.3. The van der Waals surface area contributed by atoms with E-state index in [4.69, 9.17) is 0 Å². The summed E-state index contributed by atoms with van der Waals surface area (Å²) in [6.45, 7) is 0. The predicted molar refractivity (Wildman–Crippen MR) is 80.9 cm³/mol. The van der Waals surface area contributed by atoms with Gasteiger partial charge in [-0.3, -0.25) is 9.55 Å². The van der Waals surface area contributed by atoms with Gasteiger partial charge in [-0.1, -0.05) is 19.3 Å². The minimum Gasteiger partial charge on any atom is -0.324 e. The third-order valence-corrected chi connectivity index (χ3v) is 4.20. The zero-order valence-electron chi connectivity index (χ0n) is 12.3. The largest absolute Gasteiger partial charge is 0.329 e. The van der Waals surface area contributed by atoms with Crippen molar-refractivity contribution in [1.82, 2.24) is 19.4 Å². The van der Waals surface area contributed by atoms with Gasteiger partial charge in [0.15, 0.2) is 0 Å². The first kappa shape index (κ1) is 13.8. The van der Waals surface area contributed by atoms with Crippen molar-refractivity contribution in [1.29, 1.82) is 0 Å². The minimum absolute atomic E-state index is 0.00490. The maximum Gasteiger partial charge on any atom is 0.329 e. The fourth-order valence-corrected chi connectivity index (χ4v) is 2.91. The summed E-state index contributed by atoms with van der Waals surface area (Å²) in [4.78, 5) is 22.7. The highest BCUT2D eigenvalue weighted by Crippen LogP contribution is 2.22. The van der Waals surface area contributed by atoms with E-state index >= 15 is 0 Å². The lowest BCUT2D eigenvalue weighted by molar-refractivity contribution is 0.175. The molecule has 0 aromatic carbocycles. The molecule has 0 aliphatic heterocycles. The summed E-state index contributed by atoms with van der Waals surface area (Å²) in [7, 11) is 1.89. The Kier molecular flexibility index (Phi) is 3.99. The van der Waals surface area contributed by atoms with Gasteiger partial charge in [0.25, 0.3) is 0 Å². The van der Waals surface area contributed by atoms with Gasteiger partial charge < -0.3 is 4.90 Å². The summed E-state index contributed by atoms with van der Waals surface area (Å²) in [6.07, 6.45) is 12.8. The second-order valence-electron chi connectivity index (χ2n) is 5.59. The van der Waals surface area contributed by atoms with Gasteiger partial charge in [0.2, 0.25) is 0 Å². The number of carbonyl (C=O) groups is 1. The monoisotopic (exact) mass is 284 g/mol. The van der Waals surface area contributed by atoms with E-state index in [9.17, 15) is 4.79 Å². The van der Waals surface area contributed by atoms with Crippen LogP contribution in [0.15, 0.2) is 37.1 Å². The lowest BCUT2D eigenvalue weighted by Gasteiger charge is -2.31. The lowest BCUT2D eigenvalue weighted by atomic mass is 9.95. The van der Waals surface area contributed by atoms with Gasteiger partial charge in [0.05, 0.1) is 5.69 Å². The van der Waals surface area contributed by atoms with Gasteiger partial charge in [-0.2, -0.15) is 0 Å². The van der Waals surface area contributed by atoms with Crippen molar-refractivity contribution < 1.29 is 4.79 Å². The van der Waals surface area contributed by atoms with Crippen molar-refractivity contribution in [3.63, 3.8) is 0 Å². The number of hydrogen-bond acceptors (Lipinski definition) is 3. The fourth-order valence-electron chi connectivity index (χ4n) is 2.91. The van der Waals surface area contributed by atoms with Crippen LogP contribution in [0.1, 0.15) is 32.1 Å². The minimum atomic E-state index is -0.00490. The fraction of sp³-hybridized carbons (Fsp3) is 0.438. The summed E-state index contributed by atoms with van der Waals surface area (Å²) in [6, 6.07) is 4.14. The molecule has 1 amide bonds. The van der Waals surface area contributed by atoms with E-state index in [2.05, 4.69) is 9.97 Å². The number of carbonyl (C=O) groups excluding carboxylic acids is 1. The normalized spacial score (nSPS) is 15.9. The Bertz CT molecular complexity index is 602. The molecular weight excluding hydrogens is 264 g/mol. The molecule has 2 aromatic rings. The van der Waals surface area contributed by atoms with Crippen LogP contribution in [0.5, 0.6) is 0 Å².